The SMILES string of the molecule is COc1ccc(OC)c(S(=O)(=O)NC[C@@H]2CCCC[C@@H]2CN2CCN(c3nsc4ccccc34)CC2)c1. The summed E-state index contributed by atoms with van der Waals surface area (Å²) in [4.78, 5) is 5.07. The van der Waals surface area contributed by atoms with Crippen LogP contribution in [0.3, 0.4) is 0 Å². The van der Waals surface area contributed by atoms with Gasteiger partial charge >= 0.3 is 0 Å². The first-order valence-electron chi connectivity index (χ1n) is 13.0. The number of nitrogens with one attached hydrogen (secondary N) is 1. The van der Waals surface area contributed by atoms with E-state index < -0.39 is 10.0 Å². The van der Waals surface area contributed by atoms with E-state index >= 15 is 0 Å². The Hall–Kier alpha value is -2.40. The predicted molar refractivity (Wildman–Crippen MR) is 148 cm³/mol. The molecule has 0 bridgehead atoms. The lowest BCUT2D eigenvalue weighted by Gasteiger charge is -2.40. The van der Waals surface area contributed by atoms with Crippen molar-refractivity contribution in [3.63, 3.8) is 0 Å². The third-order valence-electron chi connectivity index (χ3n) is 7.79. The Kier molecular flexibility index (Phi) is 8.18. The first-order valence-corrected chi connectivity index (χ1v) is 15.3. The Bertz CT molecular complexity index is 1300. The third-order valence-corrected chi connectivity index (χ3v) is 10.0. The molecule has 2 heterocycles. The van der Waals surface area contributed by atoms with E-state index in [0.29, 0.717) is 29.9 Å². The number of ether oxygens (including phenoxy) is 2. The standard InChI is InChI=1S/C27H36N4O4S2/c1-34-22-11-12-24(35-2)26(17-22)37(32,33)28-18-20-7-3-4-8-21(20)19-30-13-15-31(16-14-30)27-23-9-5-6-10-25(23)36-29-27/h5-6,9-12,17,20-21,28H,3-4,7-8,13-16,18-19H2,1-2H3/t20-,21+/m0/s1. The lowest BCUT2D eigenvalue weighted by Crippen LogP contribution is -2.49. The molecular formula is C27H36N4O4S2. The summed E-state index contributed by atoms with van der Waals surface area (Å²) in [6.07, 6.45) is 4.55. The Morgan fingerprint density at radius 3 is 2.51 bits per heavy atom. The zero-order valence-corrected chi connectivity index (χ0v) is 23.2. The number of methoxy groups -OCH3 is 2. The van der Waals surface area contributed by atoms with Crippen molar-refractivity contribution in [2.45, 2.75) is 30.6 Å². The third kappa shape index (κ3) is 5.87. The van der Waals surface area contributed by atoms with E-state index in [1.54, 1.807) is 23.7 Å². The summed E-state index contributed by atoms with van der Waals surface area (Å²) < 4.78 is 45.8. The smallest absolute Gasteiger partial charge is 0.244 e. The number of fused-ring (bicyclic) bond motifs is 1. The van der Waals surface area contributed by atoms with Crippen molar-refractivity contribution < 1.29 is 17.9 Å². The van der Waals surface area contributed by atoms with Crippen molar-refractivity contribution in [2.24, 2.45) is 11.8 Å². The second-order valence-corrected chi connectivity index (χ2v) is 12.5. The van der Waals surface area contributed by atoms with Crippen LogP contribution in [0.15, 0.2) is 47.4 Å². The fourth-order valence-corrected chi connectivity index (χ4v) is 7.73. The predicted octanol–water partition coefficient (Wildman–Crippen LogP) is 4.22. The zero-order chi connectivity index (χ0) is 25.8. The van der Waals surface area contributed by atoms with Crippen LogP contribution in [0.2, 0.25) is 0 Å². The van der Waals surface area contributed by atoms with E-state index in [9.17, 15) is 8.42 Å². The van der Waals surface area contributed by atoms with E-state index in [0.717, 1.165) is 57.8 Å². The van der Waals surface area contributed by atoms with Gasteiger partial charge in [0.2, 0.25) is 10.0 Å². The first kappa shape index (κ1) is 26.2. The second-order valence-electron chi connectivity index (χ2n) is 9.96. The average molecular weight is 545 g/mol. The van der Waals surface area contributed by atoms with Crippen molar-refractivity contribution >= 4 is 37.5 Å². The fraction of sp³-hybridized carbons (Fsp3) is 0.519. The molecule has 2 aromatic carbocycles. The average Bonchev–Trinajstić information content (AvgIpc) is 3.37. The van der Waals surface area contributed by atoms with Gasteiger partial charge in [0.05, 0.1) is 18.9 Å². The second kappa shape index (κ2) is 11.6. The van der Waals surface area contributed by atoms with Gasteiger partial charge in [-0.2, -0.15) is 4.37 Å². The number of hydrogen-bond donors (Lipinski definition) is 1. The molecule has 1 saturated carbocycles. The quantitative estimate of drug-likeness (QED) is 0.432. The van der Waals surface area contributed by atoms with Crippen LogP contribution in [0.4, 0.5) is 5.82 Å². The summed E-state index contributed by atoms with van der Waals surface area (Å²) in [6, 6.07) is 13.3. The van der Waals surface area contributed by atoms with Crippen molar-refractivity contribution in [3.8, 4) is 11.5 Å². The minimum atomic E-state index is -3.72. The van der Waals surface area contributed by atoms with Crippen LogP contribution in [0.25, 0.3) is 10.1 Å². The first-order chi connectivity index (χ1) is 18.0. The van der Waals surface area contributed by atoms with Crippen molar-refractivity contribution in [1.82, 2.24) is 14.0 Å². The van der Waals surface area contributed by atoms with E-state index in [4.69, 9.17) is 13.8 Å². The summed E-state index contributed by atoms with van der Waals surface area (Å²) >= 11 is 1.57. The largest absolute Gasteiger partial charge is 0.497 e. The van der Waals surface area contributed by atoms with Crippen LogP contribution < -0.4 is 19.1 Å². The summed E-state index contributed by atoms with van der Waals surface area (Å²) in [7, 11) is -0.717. The number of piperazine rings is 1. The van der Waals surface area contributed by atoms with Crippen LogP contribution in [0.5, 0.6) is 11.5 Å². The molecule has 1 aromatic heterocycles. The van der Waals surface area contributed by atoms with Crippen LogP contribution in [-0.4, -0.2) is 71.2 Å². The lowest BCUT2D eigenvalue weighted by atomic mass is 9.79. The molecule has 0 amide bonds. The number of nitrogens with zero attached hydrogens (tertiary/aromatic N) is 3. The maximum Gasteiger partial charge on any atom is 0.244 e. The monoisotopic (exact) mass is 544 g/mol. The highest BCUT2D eigenvalue weighted by atomic mass is 32.2. The molecule has 5 rings (SSSR count). The molecule has 2 aliphatic rings. The van der Waals surface area contributed by atoms with E-state index in [1.165, 1.54) is 36.8 Å². The van der Waals surface area contributed by atoms with Crippen LogP contribution in [-0.2, 0) is 10.0 Å². The molecule has 37 heavy (non-hydrogen) atoms. The maximum atomic E-state index is 13.2. The topological polar surface area (TPSA) is 84.0 Å². The molecule has 3 aromatic rings. The highest BCUT2D eigenvalue weighted by Gasteiger charge is 2.31. The minimum absolute atomic E-state index is 0.118. The fourth-order valence-electron chi connectivity index (χ4n) is 5.66. The number of hydrogen-bond acceptors (Lipinski definition) is 8. The van der Waals surface area contributed by atoms with Gasteiger partial charge in [-0.15, -0.1) is 0 Å². The van der Waals surface area contributed by atoms with Gasteiger partial charge in [-0.1, -0.05) is 25.0 Å². The molecule has 2 fully saturated rings. The van der Waals surface area contributed by atoms with Crippen LogP contribution in [0, 0.1) is 11.8 Å². The highest BCUT2D eigenvalue weighted by Crippen LogP contribution is 2.33. The van der Waals surface area contributed by atoms with Crippen LogP contribution >= 0.6 is 11.5 Å². The Labute approximate surface area is 223 Å². The molecule has 0 radical (unpaired) electrons. The zero-order valence-electron chi connectivity index (χ0n) is 21.6. The van der Waals surface area contributed by atoms with Gasteiger partial charge in [0.25, 0.3) is 0 Å². The summed E-state index contributed by atoms with van der Waals surface area (Å²) in [5.74, 6) is 2.72. The summed E-state index contributed by atoms with van der Waals surface area (Å²) in [6.45, 7) is 5.39. The minimum Gasteiger partial charge on any atom is -0.497 e. The van der Waals surface area contributed by atoms with Gasteiger partial charge in [-0.05, 0) is 60.5 Å². The number of benzene rings is 2. The molecule has 200 valence electrons. The van der Waals surface area contributed by atoms with Crippen molar-refractivity contribution in [1.29, 1.82) is 0 Å². The Morgan fingerprint density at radius 1 is 1.00 bits per heavy atom. The molecule has 1 N–H and O–H groups in total. The van der Waals surface area contributed by atoms with E-state index in [1.807, 2.05) is 0 Å². The number of rotatable bonds is 9. The number of anilines is 1. The van der Waals surface area contributed by atoms with Crippen LogP contribution in [0.1, 0.15) is 25.7 Å². The molecule has 1 saturated heterocycles. The van der Waals surface area contributed by atoms with Gasteiger partial charge in [-0.3, -0.25) is 4.90 Å². The molecular weight excluding hydrogens is 508 g/mol. The summed E-state index contributed by atoms with van der Waals surface area (Å²) in [5.41, 5.74) is 0. The van der Waals surface area contributed by atoms with Gasteiger partial charge in [0.1, 0.15) is 22.2 Å². The molecule has 0 spiro atoms. The molecule has 1 aliphatic heterocycles. The molecule has 8 nitrogen and oxygen atoms in total. The van der Waals surface area contributed by atoms with Gasteiger partial charge in [0.15, 0.2) is 0 Å². The van der Waals surface area contributed by atoms with Gasteiger partial charge < -0.3 is 14.4 Å². The normalized spacial score (nSPS) is 21.3. The lowest BCUT2D eigenvalue weighted by molar-refractivity contribution is 0.147. The Morgan fingerprint density at radius 2 is 1.76 bits per heavy atom. The molecule has 2 atom stereocenters. The van der Waals surface area contributed by atoms with Gasteiger partial charge in [0, 0.05) is 50.7 Å². The van der Waals surface area contributed by atoms with Gasteiger partial charge in [-0.25, -0.2) is 13.1 Å². The molecule has 1 aliphatic carbocycles. The maximum absolute atomic E-state index is 13.2. The Balaban J connectivity index is 1.19. The summed E-state index contributed by atoms with van der Waals surface area (Å²) in [5, 5.41) is 1.24. The highest BCUT2D eigenvalue weighted by molar-refractivity contribution is 7.89. The number of aromatic nitrogens is 1. The number of sulfonamides is 1. The van der Waals surface area contributed by atoms with E-state index in [-0.39, 0.29) is 4.90 Å². The molecule has 0 unspecified atom stereocenters. The van der Waals surface area contributed by atoms with Crippen molar-refractivity contribution in [3.05, 3.63) is 42.5 Å². The molecule has 10 heteroatoms. The van der Waals surface area contributed by atoms with E-state index in [2.05, 4.69) is 38.8 Å². The van der Waals surface area contributed by atoms with Crippen molar-refractivity contribution in [2.75, 3.05) is 58.4 Å².